The number of ketones is 2. The molecule has 0 aliphatic rings. The first-order valence-electron chi connectivity index (χ1n) is 9.51. The summed E-state index contributed by atoms with van der Waals surface area (Å²) in [6, 6.07) is 0. The third-order valence-electron chi connectivity index (χ3n) is 3.13. The molecule has 0 heterocycles. The quantitative estimate of drug-likeness (QED) is 0.433. The van der Waals surface area contributed by atoms with Gasteiger partial charge in [0.2, 0.25) is 0 Å². The third-order valence-corrected chi connectivity index (χ3v) is 3.13. The molecule has 0 bridgehead atoms. The highest BCUT2D eigenvalue weighted by molar-refractivity contribution is 5.81. The highest BCUT2D eigenvalue weighted by Gasteiger charge is 2.08. The maximum absolute atomic E-state index is 11.2. The average molecular weight is 377 g/mol. The van der Waals surface area contributed by atoms with E-state index in [0.29, 0.717) is 38.6 Å². The Morgan fingerprint density at radius 1 is 0.577 bits per heavy atom. The Morgan fingerprint density at radius 2 is 0.885 bits per heavy atom. The van der Waals surface area contributed by atoms with Crippen molar-refractivity contribution in [3.63, 3.8) is 0 Å². The molecule has 0 aliphatic heterocycles. The van der Waals surface area contributed by atoms with Gasteiger partial charge in [-0.2, -0.15) is 0 Å². The molecule has 0 aromatic carbocycles. The van der Waals surface area contributed by atoms with Gasteiger partial charge in [0.15, 0.2) is 11.6 Å². The van der Waals surface area contributed by atoms with Gasteiger partial charge in [0, 0.05) is 11.8 Å². The fourth-order valence-electron chi connectivity index (χ4n) is 1.36. The Bertz CT molecular complexity index is 316. The first-order valence-corrected chi connectivity index (χ1v) is 9.51. The minimum absolute atomic E-state index is 0.00318. The van der Waals surface area contributed by atoms with Crippen molar-refractivity contribution < 1.29 is 28.5 Å². The van der Waals surface area contributed by atoms with Crippen LogP contribution in [0.3, 0.4) is 0 Å². The van der Waals surface area contributed by atoms with Gasteiger partial charge in [-0.1, -0.05) is 27.7 Å². The summed E-state index contributed by atoms with van der Waals surface area (Å²) in [5.74, 6) is 0.170. The van der Waals surface area contributed by atoms with Gasteiger partial charge in [-0.3, -0.25) is 9.59 Å². The maximum atomic E-state index is 11.2. The zero-order valence-corrected chi connectivity index (χ0v) is 18.0. The van der Waals surface area contributed by atoms with E-state index in [9.17, 15) is 9.59 Å². The number of carbonyl (C=O) groups is 2. The van der Waals surface area contributed by atoms with Crippen molar-refractivity contribution >= 4 is 11.6 Å². The summed E-state index contributed by atoms with van der Waals surface area (Å²) in [7, 11) is 0. The van der Waals surface area contributed by atoms with E-state index in [-0.39, 0.29) is 36.6 Å². The predicted octanol–water partition coefficient (Wildman–Crippen LogP) is 3.31. The van der Waals surface area contributed by atoms with Crippen LogP contribution in [0, 0.1) is 11.8 Å². The molecule has 0 atom stereocenters. The van der Waals surface area contributed by atoms with Crippen molar-refractivity contribution in [3.05, 3.63) is 0 Å². The second-order valence-corrected chi connectivity index (χ2v) is 7.19. The monoisotopic (exact) mass is 376 g/mol. The molecule has 0 saturated heterocycles. The molecule has 0 aliphatic carbocycles. The maximum Gasteiger partial charge on any atom is 0.160 e. The fourth-order valence-corrected chi connectivity index (χ4v) is 1.36. The van der Waals surface area contributed by atoms with Gasteiger partial charge < -0.3 is 18.9 Å². The van der Waals surface area contributed by atoms with Crippen LogP contribution in [-0.4, -0.2) is 63.4 Å². The second kappa shape index (κ2) is 17.6. The lowest BCUT2D eigenvalue weighted by Gasteiger charge is -2.09. The third kappa shape index (κ3) is 21.2. The van der Waals surface area contributed by atoms with Gasteiger partial charge in [-0.15, -0.1) is 0 Å². The van der Waals surface area contributed by atoms with Gasteiger partial charge in [0.1, 0.15) is 13.2 Å². The van der Waals surface area contributed by atoms with Crippen molar-refractivity contribution in [2.45, 2.75) is 67.6 Å². The summed E-state index contributed by atoms with van der Waals surface area (Å²) in [4.78, 5) is 22.3. The fraction of sp³-hybridized carbons (Fsp3) is 0.900. The molecule has 156 valence electrons. The zero-order valence-electron chi connectivity index (χ0n) is 18.0. The topological polar surface area (TPSA) is 71.1 Å². The van der Waals surface area contributed by atoms with E-state index in [0.717, 1.165) is 0 Å². The average Bonchev–Trinajstić information content (AvgIpc) is 2.54. The number of hydrogen-bond acceptors (Lipinski definition) is 6. The van der Waals surface area contributed by atoms with E-state index in [1.165, 1.54) is 0 Å². The summed E-state index contributed by atoms with van der Waals surface area (Å²) in [5, 5.41) is 0. The highest BCUT2D eigenvalue weighted by atomic mass is 16.5. The van der Waals surface area contributed by atoms with Crippen molar-refractivity contribution in [3.8, 4) is 0 Å². The molecule has 0 fully saturated rings. The van der Waals surface area contributed by atoms with Crippen LogP contribution in [-0.2, 0) is 28.5 Å². The normalized spacial score (nSPS) is 11.2. The van der Waals surface area contributed by atoms with E-state index in [2.05, 4.69) is 0 Å². The zero-order chi connectivity index (χ0) is 20.5. The first kappa shape index (κ1) is 27.4. The molecule has 0 spiro atoms. The van der Waals surface area contributed by atoms with Crippen LogP contribution in [0.25, 0.3) is 0 Å². The van der Waals surface area contributed by atoms with Crippen molar-refractivity contribution in [2.75, 3.05) is 39.6 Å². The number of hydrogen-bond donors (Lipinski definition) is 0. The molecular formula is C20H40O6. The minimum atomic E-state index is 0.00318. The van der Waals surface area contributed by atoms with Crippen LogP contribution in [0.4, 0.5) is 0 Å². The molecule has 0 unspecified atom stereocenters. The predicted molar refractivity (Wildman–Crippen MR) is 104 cm³/mol. The van der Waals surface area contributed by atoms with Gasteiger partial charge in [-0.25, -0.2) is 0 Å². The summed E-state index contributed by atoms with van der Waals surface area (Å²) in [6.07, 6.45) is 0.631. The van der Waals surface area contributed by atoms with Crippen LogP contribution < -0.4 is 0 Å². The van der Waals surface area contributed by atoms with Gasteiger partial charge in [0.25, 0.3) is 0 Å². The molecule has 0 N–H and O–H groups in total. The molecule has 0 aromatic rings. The summed E-state index contributed by atoms with van der Waals surface area (Å²) in [5.41, 5.74) is 0. The minimum Gasteiger partial charge on any atom is -0.376 e. The highest BCUT2D eigenvalue weighted by Crippen LogP contribution is 1.96. The van der Waals surface area contributed by atoms with E-state index < -0.39 is 0 Å². The van der Waals surface area contributed by atoms with Crippen LogP contribution in [0.1, 0.15) is 55.4 Å². The molecule has 26 heavy (non-hydrogen) atoms. The van der Waals surface area contributed by atoms with Crippen molar-refractivity contribution in [2.24, 2.45) is 11.8 Å². The molecule has 0 aromatic heterocycles. The van der Waals surface area contributed by atoms with Crippen LogP contribution in [0.5, 0.6) is 0 Å². The standard InChI is InChI=1S/C12H22O4.C8H18O2/c1-9(2)11(13)7-15-5-6-16-8-12(14)10(3)4;1-7(2)9-5-6-10-8(3)4/h9-10H,5-8H2,1-4H3;7-8H,5-6H2,1-4H3. The van der Waals surface area contributed by atoms with Crippen LogP contribution in [0.15, 0.2) is 0 Å². The number of carbonyl (C=O) groups excluding carboxylic acids is 2. The molecule has 0 radical (unpaired) electrons. The number of Topliss-reactive ketones (excluding diaryl/α,β-unsaturated/α-hetero) is 2. The summed E-state index contributed by atoms with van der Waals surface area (Å²) >= 11 is 0. The smallest absolute Gasteiger partial charge is 0.160 e. The lowest BCUT2D eigenvalue weighted by atomic mass is 10.1. The number of ether oxygens (including phenoxy) is 4. The molecule has 6 heteroatoms. The number of rotatable bonds is 14. The molecule has 0 saturated carbocycles. The Morgan fingerprint density at radius 3 is 1.12 bits per heavy atom. The molecule has 0 amide bonds. The Labute approximate surface area is 159 Å². The molecule has 6 nitrogen and oxygen atoms in total. The van der Waals surface area contributed by atoms with E-state index in [4.69, 9.17) is 18.9 Å². The van der Waals surface area contributed by atoms with Crippen molar-refractivity contribution in [1.29, 1.82) is 0 Å². The van der Waals surface area contributed by atoms with Gasteiger partial charge in [0.05, 0.1) is 38.6 Å². The van der Waals surface area contributed by atoms with Gasteiger partial charge in [-0.05, 0) is 27.7 Å². The lowest BCUT2D eigenvalue weighted by Crippen LogP contribution is -2.19. The SMILES string of the molecule is CC(C)C(=O)COCCOCC(=O)C(C)C.CC(C)OCCOC(C)C. The first-order chi connectivity index (χ1) is 12.1. The van der Waals surface area contributed by atoms with E-state index >= 15 is 0 Å². The van der Waals surface area contributed by atoms with E-state index in [1.807, 2.05) is 55.4 Å². The largest absolute Gasteiger partial charge is 0.376 e. The Balaban J connectivity index is 0. The molecular weight excluding hydrogens is 336 g/mol. The summed E-state index contributed by atoms with van der Waals surface area (Å²) < 4.78 is 20.8. The van der Waals surface area contributed by atoms with Crippen molar-refractivity contribution in [1.82, 2.24) is 0 Å². The van der Waals surface area contributed by atoms with Gasteiger partial charge >= 0.3 is 0 Å². The van der Waals surface area contributed by atoms with E-state index in [1.54, 1.807) is 0 Å². The Hall–Kier alpha value is -0.820. The van der Waals surface area contributed by atoms with Crippen LogP contribution >= 0.6 is 0 Å². The molecule has 0 rings (SSSR count). The van der Waals surface area contributed by atoms with Crippen LogP contribution in [0.2, 0.25) is 0 Å². The Kier molecular flexibility index (Phi) is 18.5. The summed E-state index contributed by atoms with van der Waals surface area (Å²) in [6.45, 7) is 17.8. The lowest BCUT2D eigenvalue weighted by molar-refractivity contribution is -0.130. The second-order valence-electron chi connectivity index (χ2n) is 7.19.